The van der Waals surface area contributed by atoms with E-state index >= 15 is 0 Å². The van der Waals surface area contributed by atoms with Gasteiger partial charge in [-0.15, -0.1) is 0 Å². The van der Waals surface area contributed by atoms with Gasteiger partial charge in [-0.05, 0) is 85.6 Å². The average molecular weight is 628 g/mol. The first-order valence-electron chi connectivity index (χ1n) is 16.8. The van der Waals surface area contributed by atoms with Crippen molar-refractivity contribution in [2.75, 3.05) is 0 Å². The molecule has 6 aromatic carbocycles. The highest BCUT2D eigenvalue weighted by Gasteiger charge is 2.36. The SMILES string of the molecule is CC1(C)c2ccc(-c3cccc(-c4cc(-c5ccccc5)nc(-c5ccc(-c6ccncc6)cc5)n4)c3)cc2-c2ccc3ccccc3c21. The van der Waals surface area contributed by atoms with Crippen LogP contribution in [0.1, 0.15) is 25.0 Å². The van der Waals surface area contributed by atoms with E-state index in [0.29, 0.717) is 5.82 Å². The second-order valence-corrected chi connectivity index (χ2v) is 13.3. The minimum atomic E-state index is -0.0758. The Kier molecular flexibility index (Phi) is 6.80. The molecule has 8 aromatic rings. The molecule has 49 heavy (non-hydrogen) atoms. The maximum Gasteiger partial charge on any atom is 0.160 e. The summed E-state index contributed by atoms with van der Waals surface area (Å²) in [5, 5.41) is 2.63. The van der Waals surface area contributed by atoms with Gasteiger partial charge in [-0.2, -0.15) is 0 Å². The third-order valence-electron chi connectivity index (χ3n) is 9.98. The highest BCUT2D eigenvalue weighted by Crippen LogP contribution is 2.52. The normalized spacial score (nSPS) is 12.9. The molecule has 0 N–H and O–H groups in total. The molecule has 0 saturated heterocycles. The zero-order valence-electron chi connectivity index (χ0n) is 27.4. The summed E-state index contributed by atoms with van der Waals surface area (Å²) in [4.78, 5) is 14.4. The Morgan fingerprint density at radius 1 is 0.429 bits per heavy atom. The Labute approximate surface area is 286 Å². The summed E-state index contributed by atoms with van der Waals surface area (Å²) in [6.45, 7) is 4.71. The zero-order valence-corrected chi connectivity index (χ0v) is 27.4. The fourth-order valence-corrected chi connectivity index (χ4v) is 7.49. The van der Waals surface area contributed by atoms with Gasteiger partial charge in [0.15, 0.2) is 5.82 Å². The van der Waals surface area contributed by atoms with Crippen molar-refractivity contribution in [3.05, 3.63) is 175 Å². The molecule has 0 atom stereocenters. The lowest BCUT2D eigenvalue weighted by atomic mass is 9.80. The molecule has 0 saturated carbocycles. The fraction of sp³-hybridized carbons (Fsp3) is 0.0652. The van der Waals surface area contributed by atoms with E-state index in [9.17, 15) is 0 Å². The summed E-state index contributed by atoms with van der Waals surface area (Å²) < 4.78 is 0. The third kappa shape index (κ3) is 5.03. The molecule has 3 nitrogen and oxygen atoms in total. The third-order valence-corrected chi connectivity index (χ3v) is 9.98. The summed E-state index contributed by atoms with van der Waals surface area (Å²) >= 11 is 0. The van der Waals surface area contributed by atoms with Crippen molar-refractivity contribution in [3.63, 3.8) is 0 Å². The smallest absolute Gasteiger partial charge is 0.160 e. The van der Waals surface area contributed by atoms with Gasteiger partial charge in [0.25, 0.3) is 0 Å². The molecule has 0 amide bonds. The van der Waals surface area contributed by atoms with E-state index in [0.717, 1.165) is 44.8 Å². The molecule has 1 aliphatic rings. The van der Waals surface area contributed by atoms with Crippen LogP contribution in [0.3, 0.4) is 0 Å². The molecule has 0 fully saturated rings. The van der Waals surface area contributed by atoms with Gasteiger partial charge in [-0.3, -0.25) is 4.98 Å². The molecule has 1 aliphatic carbocycles. The van der Waals surface area contributed by atoms with E-state index in [1.165, 1.54) is 38.6 Å². The maximum atomic E-state index is 5.15. The zero-order chi connectivity index (χ0) is 33.0. The molecular weight excluding hydrogens is 595 g/mol. The van der Waals surface area contributed by atoms with Crippen LogP contribution in [0.4, 0.5) is 0 Å². The molecule has 0 unspecified atom stereocenters. The number of rotatable bonds is 5. The number of fused-ring (bicyclic) bond motifs is 5. The topological polar surface area (TPSA) is 38.7 Å². The van der Waals surface area contributed by atoms with Gasteiger partial charge in [0, 0.05) is 34.5 Å². The van der Waals surface area contributed by atoms with E-state index in [1.807, 2.05) is 30.6 Å². The molecule has 0 spiro atoms. The molecule has 2 aromatic heterocycles. The first-order chi connectivity index (χ1) is 24.0. The van der Waals surface area contributed by atoms with Gasteiger partial charge in [-0.1, -0.05) is 135 Å². The maximum absolute atomic E-state index is 5.15. The first-order valence-corrected chi connectivity index (χ1v) is 16.8. The van der Waals surface area contributed by atoms with Crippen LogP contribution in [0.5, 0.6) is 0 Å². The molecule has 3 heteroatoms. The first kappa shape index (κ1) is 29.0. The van der Waals surface area contributed by atoms with Crippen LogP contribution in [0, 0.1) is 0 Å². The predicted octanol–water partition coefficient (Wildman–Crippen LogP) is 11.7. The van der Waals surface area contributed by atoms with Crippen LogP contribution in [0.25, 0.3) is 78.1 Å². The highest BCUT2D eigenvalue weighted by molar-refractivity contribution is 5.98. The van der Waals surface area contributed by atoms with Crippen LogP contribution in [0.15, 0.2) is 164 Å². The number of benzene rings is 6. The Balaban J connectivity index is 1.13. The predicted molar refractivity (Wildman–Crippen MR) is 202 cm³/mol. The second kappa shape index (κ2) is 11.5. The van der Waals surface area contributed by atoms with Crippen molar-refractivity contribution in [2.45, 2.75) is 19.3 Å². The molecule has 0 radical (unpaired) electrons. The lowest BCUT2D eigenvalue weighted by molar-refractivity contribution is 0.666. The Bertz CT molecular complexity index is 2500. The van der Waals surface area contributed by atoms with Crippen molar-refractivity contribution < 1.29 is 0 Å². The van der Waals surface area contributed by atoms with Crippen molar-refractivity contribution in [3.8, 4) is 67.3 Å². The van der Waals surface area contributed by atoms with Gasteiger partial charge in [0.1, 0.15) is 0 Å². The number of nitrogens with zero attached hydrogens (tertiary/aromatic N) is 3. The minimum Gasteiger partial charge on any atom is -0.265 e. The van der Waals surface area contributed by atoms with E-state index < -0.39 is 0 Å². The lowest BCUT2D eigenvalue weighted by Crippen LogP contribution is -2.15. The van der Waals surface area contributed by atoms with Crippen LogP contribution < -0.4 is 0 Å². The number of pyridine rings is 1. The van der Waals surface area contributed by atoms with Gasteiger partial charge in [-0.25, -0.2) is 9.97 Å². The highest BCUT2D eigenvalue weighted by atomic mass is 14.9. The van der Waals surface area contributed by atoms with Crippen molar-refractivity contribution in [1.29, 1.82) is 0 Å². The van der Waals surface area contributed by atoms with Gasteiger partial charge < -0.3 is 0 Å². The molecule has 0 aliphatic heterocycles. The molecule has 0 bridgehead atoms. The second-order valence-electron chi connectivity index (χ2n) is 13.3. The number of aromatic nitrogens is 3. The van der Waals surface area contributed by atoms with Crippen molar-refractivity contribution in [1.82, 2.24) is 15.0 Å². The summed E-state index contributed by atoms with van der Waals surface area (Å²) in [6.07, 6.45) is 3.64. The molecule has 232 valence electrons. The summed E-state index contributed by atoms with van der Waals surface area (Å²) in [7, 11) is 0. The summed E-state index contributed by atoms with van der Waals surface area (Å²) in [6, 6.07) is 54.0. The quantitative estimate of drug-likeness (QED) is 0.191. The standard InChI is InChI=1S/C46H33N3/c1-46(2)41-22-20-36(28-40(41)39-21-19-32-9-6-7-14-38(32)44(39)46)35-12-8-13-37(27-35)43-29-42(33-10-4-3-5-11-33)48-45(49-43)34-17-15-30(16-18-34)31-23-25-47-26-24-31/h3-29H,1-2H3. The van der Waals surface area contributed by atoms with Crippen LogP contribution in [-0.2, 0) is 5.41 Å². The fourth-order valence-electron chi connectivity index (χ4n) is 7.49. The van der Waals surface area contributed by atoms with E-state index in [2.05, 4.69) is 152 Å². The van der Waals surface area contributed by atoms with Gasteiger partial charge in [0.05, 0.1) is 11.4 Å². The van der Waals surface area contributed by atoms with Crippen LogP contribution in [0.2, 0.25) is 0 Å². The molecule has 2 heterocycles. The van der Waals surface area contributed by atoms with Crippen molar-refractivity contribution >= 4 is 10.8 Å². The Hall–Kier alpha value is -6.19. The van der Waals surface area contributed by atoms with E-state index in [-0.39, 0.29) is 5.41 Å². The van der Waals surface area contributed by atoms with Gasteiger partial charge >= 0.3 is 0 Å². The monoisotopic (exact) mass is 627 g/mol. The molecule has 9 rings (SSSR count). The van der Waals surface area contributed by atoms with Crippen LogP contribution >= 0.6 is 0 Å². The van der Waals surface area contributed by atoms with Crippen LogP contribution in [-0.4, -0.2) is 15.0 Å². The lowest BCUT2D eigenvalue weighted by Gasteiger charge is -2.23. The largest absolute Gasteiger partial charge is 0.265 e. The van der Waals surface area contributed by atoms with Crippen molar-refractivity contribution in [2.24, 2.45) is 0 Å². The number of hydrogen-bond donors (Lipinski definition) is 0. The summed E-state index contributed by atoms with van der Waals surface area (Å²) in [5.41, 5.74) is 14.9. The van der Waals surface area contributed by atoms with Gasteiger partial charge in [0.2, 0.25) is 0 Å². The Morgan fingerprint density at radius 3 is 1.88 bits per heavy atom. The van der Waals surface area contributed by atoms with E-state index in [1.54, 1.807) is 0 Å². The Morgan fingerprint density at radius 2 is 1.06 bits per heavy atom. The number of hydrogen-bond acceptors (Lipinski definition) is 3. The average Bonchev–Trinajstić information content (AvgIpc) is 3.41. The summed E-state index contributed by atoms with van der Waals surface area (Å²) in [5.74, 6) is 0.701. The minimum absolute atomic E-state index is 0.0758. The molecular formula is C46H33N3. The van der Waals surface area contributed by atoms with E-state index in [4.69, 9.17) is 9.97 Å².